The SMILES string of the molecule is C1=CC2=NNC(COCc3ccccc3)=NC2C=C1. The molecule has 1 heterocycles. The number of ether oxygens (including phenoxy) is 1. The number of nitrogens with zero attached hydrogens (tertiary/aromatic N) is 2. The summed E-state index contributed by atoms with van der Waals surface area (Å²) in [6.45, 7) is 1.03. The maximum atomic E-state index is 5.63. The molecule has 1 unspecified atom stereocenters. The minimum absolute atomic E-state index is 0.0292. The normalized spacial score (nSPS) is 20.3. The van der Waals surface area contributed by atoms with Gasteiger partial charge in [0.05, 0.1) is 12.3 Å². The van der Waals surface area contributed by atoms with E-state index in [1.165, 1.54) is 0 Å². The Morgan fingerprint density at radius 1 is 1.11 bits per heavy atom. The van der Waals surface area contributed by atoms with Crippen LogP contribution in [0.15, 0.2) is 64.7 Å². The van der Waals surface area contributed by atoms with Crippen LogP contribution in [-0.4, -0.2) is 24.2 Å². The molecule has 0 spiro atoms. The molecule has 0 radical (unpaired) electrons. The van der Waals surface area contributed by atoms with Crippen molar-refractivity contribution in [2.75, 3.05) is 6.61 Å². The molecule has 0 saturated heterocycles. The third-order valence-corrected chi connectivity index (χ3v) is 2.93. The second-order valence-electron chi connectivity index (χ2n) is 4.39. The zero-order chi connectivity index (χ0) is 12.9. The van der Waals surface area contributed by atoms with Gasteiger partial charge in [0.1, 0.15) is 18.5 Å². The fourth-order valence-corrected chi connectivity index (χ4v) is 1.97. The first-order valence-corrected chi connectivity index (χ1v) is 6.28. The molecule has 4 heteroatoms. The number of nitrogens with one attached hydrogen (secondary N) is 1. The lowest BCUT2D eigenvalue weighted by atomic mass is 10.1. The van der Waals surface area contributed by atoms with E-state index in [9.17, 15) is 0 Å². The minimum atomic E-state index is 0.0292. The average Bonchev–Trinajstić information content (AvgIpc) is 2.48. The van der Waals surface area contributed by atoms with Crippen LogP contribution < -0.4 is 5.43 Å². The summed E-state index contributed by atoms with van der Waals surface area (Å²) in [6, 6.07) is 10.1. The number of hydrogen-bond donors (Lipinski definition) is 1. The lowest BCUT2D eigenvalue weighted by molar-refractivity contribution is 0.156. The number of aliphatic imine (C=N–C) groups is 1. The summed E-state index contributed by atoms with van der Waals surface area (Å²) in [6.07, 6.45) is 7.93. The summed E-state index contributed by atoms with van der Waals surface area (Å²) in [5.41, 5.74) is 5.03. The molecule has 1 aliphatic heterocycles. The number of amidine groups is 1. The van der Waals surface area contributed by atoms with Gasteiger partial charge < -0.3 is 4.74 Å². The second-order valence-corrected chi connectivity index (χ2v) is 4.39. The average molecular weight is 253 g/mol. The number of benzene rings is 1. The lowest BCUT2D eigenvalue weighted by Crippen LogP contribution is -2.34. The zero-order valence-electron chi connectivity index (χ0n) is 10.5. The van der Waals surface area contributed by atoms with Crippen LogP contribution in [0.5, 0.6) is 0 Å². The van der Waals surface area contributed by atoms with Crippen molar-refractivity contribution >= 4 is 11.5 Å². The number of fused-ring (bicyclic) bond motifs is 1. The van der Waals surface area contributed by atoms with Crippen molar-refractivity contribution in [1.29, 1.82) is 0 Å². The van der Waals surface area contributed by atoms with E-state index < -0.39 is 0 Å². The maximum Gasteiger partial charge on any atom is 0.144 e. The summed E-state index contributed by atoms with van der Waals surface area (Å²) >= 11 is 0. The molecule has 0 aromatic heterocycles. The molecule has 0 saturated carbocycles. The summed E-state index contributed by atoms with van der Waals surface area (Å²) in [5, 5.41) is 4.28. The molecular weight excluding hydrogens is 238 g/mol. The predicted molar refractivity (Wildman–Crippen MR) is 76.2 cm³/mol. The summed E-state index contributed by atoms with van der Waals surface area (Å²) in [5.74, 6) is 0.768. The Morgan fingerprint density at radius 3 is 2.89 bits per heavy atom. The second kappa shape index (κ2) is 5.63. The summed E-state index contributed by atoms with van der Waals surface area (Å²) in [7, 11) is 0. The molecular formula is C15H15N3O. The Labute approximate surface area is 112 Å². The van der Waals surface area contributed by atoms with Crippen LogP contribution in [0.25, 0.3) is 0 Å². The van der Waals surface area contributed by atoms with Crippen molar-refractivity contribution in [1.82, 2.24) is 5.43 Å². The fourth-order valence-electron chi connectivity index (χ4n) is 1.97. The maximum absolute atomic E-state index is 5.63. The first-order valence-electron chi connectivity index (χ1n) is 6.28. The van der Waals surface area contributed by atoms with Gasteiger partial charge >= 0.3 is 0 Å². The molecule has 96 valence electrons. The first kappa shape index (κ1) is 11.9. The van der Waals surface area contributed by atoms with Gasteiger partial charge in [0, 0.05) is 0 Å². The van der Waals surface area contributed by atoms with Gasteiger partial charge in [-0.2, -0.15) is 5.10 Å². The monoisotopic (exact) mass is 253 g/mol. The molecule has 4 nitrogen and oxygen atoms in total. The molecule has 0 fully saturated rings. The molecule has 1 atom stereocenters. The fraction of sp³-hybridized carbons (Fsp3) is 0.200. The van der Waals surface area contributed by atoms with Gasteiger partial charge in [-0.3, -0.25) is 10.4 Å². The van der Waals surface area contributed by atoms with Crippen molar-refractivity contribution in [3.05, 3.63) is 60.2 Å². The molecule has 1 N–H and O–H groups in total. The third kappa shape index (κ3) is 2.98. The van der Waals surface area contributed by atoms with Crippen molar-refractivity contribution in [2.45, 2.75) is 12.6 Å². The smallest absolute Gasteiger partial charge is 0.144 e. The van der Waals surface area contributed by atoms with E-state index >= 15 is 0 Å². The minimum Gasteiger partial charge on any atom is -0.369 e. The van der Waals surface area contributed by atoms with Gasteiger partial charge in [-0.05, 0) is 11.6 Å². The van der Waals surface area contributed by atoms with Crippen LogP contribution >= 0.6 is 0 Å². The molecule has 0 bridgehead atoms. The van der Waals surface area contributed by atoms with Crippen LogP contribution in [-0.2, 0) is 11.3 Å². The highest BCUT2D eigenvalue weighted by molar-refractivity contribution is 6.05. The van der Waals surface area contributed by atoms with E-state index in [-0.39, 0.29) is 6.04 Å². The standard InChI is InChI=1S/C15H15N3O/c1-2-6-12(7-3-1)10-19-11-15-16-13-8-4-5-9-14(13)17-18-15/h1-9,13H,10-11H2,(H,16,18). The van der Waals surface area contributed by atoms with Crippen LogP contribution in [0.4, 0.5) is 0 Å². The molecule has 1 aromatic carbocycles. The Bertz CT molecular complexity index is 558. The quantitative estimate of drug-likeness (QED) is 0.892. The van der Waals surface area contributed by atoms with Crippen LogP contribution in [0.2, 0.25) is 0 Å². The van der Waals surface area contributed by atoms with E-state index in [4.69, 9.17) is 4.74 Å². The van der Waals surface area contributed by atoms with E-state index in [1.807, 2.05) is 54.6 Å². The number of hydrogen-bond acceptors (Lipinski definition) is 4. The van der Waals surface area contributed by atoms with Crippen molar-refractivity contribution in [3.63, 3.8) is 0 Å². The van der Waals surface area contributed by atoms with E-state index in [2.05, 4.69) is 15.5 Å². The zero-order valence-corrected chi connectivity index (χ0v) is 10.5. The van der Waals surface area contributed by atoms with E-state index in [0.717, 1.165) is 17.1 Å². The molecule has 1 aromatic rings. The van der Waals surface area contributed by atoms with Gasteiger partial charge in [0.15, 0.2) is 0 Å². The topological polar surface area (TPSA) is 46.0 Å². The van der Waals surface area contributed by atoms with Crippen molar-refractivity contribution in [3.8, 4) is 0 Å². The number of allylic oxidation sites excluding steroid dienone is 2. The van der Waals surface area contributed by atoms with Crippen molar-refractivity contribution in [2.24, 2.45) is 10.1 Å². The Kier molecular flexibility index (Phi) is 3.51. The van der Waals surface area contributed by atoms with Crippen LogP contribution in [0.3, 0.4) is 0 Å². The van der Waals surface area contributed by atoms with E-state index in [1.54, 1.807) is 0 Å². The third-order valence-electron chi connectivity index (χ3n) is 2.93. The van der Waals surface area contributed by atoms with Gasteiger partial charge in [-0.15, -0.1) is 0 Å². The Hall–Kier alpha value is -2.20. The van der Waals surface area contributed by atoms with Crippen LogP contribution in [0.1, 0.15) is 5.56 Å². The van der Waals surface area contributed by atoms with Gasteiger partial charge in [-0.1, -0.05) is 48.6 Å². The summed E-state index contributed by atoms with van der Waals surface area (Å²) in [4.78, 5) is 4.55. The predicted octanol–water partition coefficient (Wildman–Crippen LogP) is 2.06. The number of rotatable bonds is 4. The highest BCUT2D eigenvalue weighted by atomic mass is 16.5. The molecule has 1 aliphatic carbocycles. The Balaban J connectivity index is 1.53. The van der Waals surface area contributed by atoms with Gasteiger partial charge in [0.2, 0.25) is 0 Å². The Morgan fingerprint density at radius 2 is 2.00 bits per heavy atom. The highest BCUT2D eigenvalue weighted by Crippen LogP contribution is 2.09. The van der Waals surface area contributed by atoms with Crippen LogP contribution in [0, 0.1) is 0 Å². The van der Waals surface area contributed by atoms with E-state index in [0.29, 0.717) is 13.2 Å². The van der Waals surface area contributed by atoms with Crippen molar-refractivity contribution < 1.29 is 4.74 Å². The lowest BCUT2D eigenvalue weighted by Gasteiger charge is -2.19. The van der Waals surface area contributed by atoms with Gasteiger partial charge in [0.25, 0.3) is 0 Å². The molecule has 19 heavy (non-hydrogen) atoms. The highest BCUT2D eigenvalue weighted by Gasteiger charge is 2.17. The van der Waals surface area contributed by atoms with Gasteiger partial charge in [-0.25, -0.2) is 0 Å². The first-order chi connectivity index (χ1) is 9.42. The molecule has 0 amide bonds. The molecule has 2 aliphatic rings. The number of hydrazone groups is 1. The largest absolute Gasteiger partial charge is 0.369 e. The molecule has 3 rings (SSSR count). The summed E-state index contributed by atoms with van der Waals surface area (Å²) < 4.78 is 5.63.